The van der Waals surface area contributed by atoms with Gasteiger partial charge in [0.1, 0.15) is 5.75 Å². The standard InChI is InChI=1S/C20H19NO3/c1-4-13-6-5-7-16-17(20(22)23)11-18(21-19(13)16)15-9-8-14(24-3)10-12(15)2/h5-11H,4H2,1-3H3,(H,22,23). The number of methoxy groups -OCH3 is 1. The van der Waals surface area contributed by atoms with Crippen LogP contribution in [0.4, 0.5) is 0 Å². The molecule has 0 spiro atoms. The Kier molecular flexibility index (Phi) is 4.21. The van der Waals surface area contributed by atoms with E-state index in [1.54, 1.807) is 13.2 Å². The van der Waals surface area contributed by atoms with E-state index in [0.29, 0.717) is 11.1 Å². The summed E-state index contributed by atoms with van der Waals surface area (Å²) in [6.07, 6.45) is 0.800. The Morgan fingerprint density at radius 2 is 2.00 bits per heavy atom. The van der Waals surface area contributed by atoms with E-state index in [1.165, 1.54) is 0 Å². The van der Waals surface area contributed by atoms with Crippen LogP contribution >= 0.6 is 0 Å². The quantitative estimate of drug-likeness (QED) is 0.769. The van der Waals surface area contributed by atoms with Crippen molar-refractivity contribution in [3.05, 3.63) is 59.2 Å². The molecule has 4 nitrogen and oxygen atoms in total. The summed E-state index contributed by atoms with van der Waals surface area (Å²) in [5, 5.41) is 10.3. The van der Waals surface area contributed by atoms with Gasteiger partial charge in [0.15, 0.2) is 0 Å². The van der Waals surface area contributed by atoms with Crippen molar-refractivity contribution in [3.63, 3.8) is 0 Å². The summed E-state index contributed by atoms with van der Waals surface area (Å²) in [5.74, 6) is -0.173. The van der Waals surface area contributed by atoms with Crippen molar-refractivity contribution >= 4 is 16.9 Å². The number of benzene rings is 2. The van der Waals surface area contributed by atoms with Crippen LogP contribution in [0.25, 0.3) is 22.2 Å². The highest BCUT2D eigenvalue weighted by Gasteiger charge is 2.15. The van der Waals surface area contributed by atoms with E-state index in [2.05, 4.69) is 0 Å². The number of para-hydroxylation sites is 1. The Labute approximate surface area is 140 Å². The average molecular weight is 321 g/mol. The molecule has 4 heteroatoms. The van der Waals surface area contributed by atoms with Crippen LogP contribution in [0.15, 0.2) is 42.5 Å². The van der Waals surface area contributed by atoms with Crippen molar-refractivity contribution in [2.75, 3.05) is 7.11 Å². The lowest BCUT2D eigenvalue weighted by molar-refractivity contribution is 0.0699. The lowest BCUT2D eigenvalue weighted by Crippen LogP contribution is -2.02. The van der Waals surface area contributed by atoms with Crippen molar-refractivity contribution < 1.29 is 14.6 Å². The minimum atomic E-state index is -0.942. The van der Waals surface area contributed by atoms with Gasteiger partial charge in [-0.1, -0.05) is 25.1 Å². The molecule has 1 aromatic heterocycles. The van der Waals surface area contributed by atoms with Gasteiger partial charge in [-0.3, -0.25) is 0 Å². The van der Waals surface area contributed by atoms with Gasteiger partial charge in [0, 0.05) is 10.9 Å². The molecule has 1 heterocycles. The summed E-state index contributed by atoms with van der Waals surface area (Å²) in [6, 6.07) is 13.0. The second kappa shape index (κ2) is 6.32. The van der Waals surface area contributed by atoms with Gasteiger partial charge in [-0.15, -0.1) is 0 Å². The Hall–Kier alpha value is -2.88. The zero-order valence-corrected chi connectivity index (χ0v) is 14.0. The topological polar surface area (TPSA) is 59.4 Å². The van der Waals surface area contributed by atoms with Gasteiger partial charge in [-0.2, -0.15) is 0 Å². The Bertz CT molecular complexity index is 932. The molecule has 0 fully saturated rings. The Morgan fingerprint density at radius 3 is 2.62 bits per heavy atom. The Balaban J connectivity index is 2.31. The van der Waals surface area contributed by atoms with E-state index in [9.17, 15) is 9.90 Å². The number of rotatable bonds is 4. The molecule has 0 radical (unpaired) electrons. The SMILES string of the molecule is CCc1cccc2c(C(=O)O)cc(-c3ccc(OC)cc3C)nc12. The summed E-state index contributed by atoms with van der Waals surface area (Å²) in [5.41, 5.74) is 4.65. The minimum Gasteiger partial charge on any atom is -0.497 e. The number of aromatic nitrogens is 1. The first-order valence-electron chi connectivity index (χ1n) is 7.86. The normalized spacial score (nSPS) is 10.8. The first-order chi connectivity index (χ1) is 11.5. The van der Waals surface area contributed by atoms with Gasteiger partial charge < -0.3 is 9.84 Å². The number of fused-ring (bicyclic) bond motifs is 1. The van der Waals surface area contributed by atoms with Gasteiger partial charge >= 0.3 is 5.97 Å². The van der Waals surface area contributed by atoms with Crippen LogP contribution in [0.2, 0.25) is 0 Å². The number of hydrogen-bond donors (Lipinski definition) is 1. The fourth-order valence-electron chi connectivity index (χ4n) is 2.96. The molecule has 24 heavy (non-hydrogen) atoms. The molecular formula is C20H19NO3. The lowest BCUT2D eigenvalue weighted by Gasteiger charge is -2.12. The zero-order valence-electron chi connectivity index (χ0n) is 14.0. The molecule has 0 aliphatic heterocycles. The average Bonchev–Trinajstić information content (AvgIpc) is 2.59. The smallest absolute Gasteiger partial charge is 0.336 e. The van der Waals surface area contributed by atoms with Gasteiger partial charge in [0.05, 0.1) is 23.9 Å². The number of carboxylic acids is 1. The van der Waals surface area contributed by atoms with Crippen molar-refractivity contribution in [3.8, 4) is 17.0 Å². The van der Waals surface area contributed by atoms with Crippen molar-refractivity contribution in [1.82, 2.24) is 4.98 Å². The predicted molar refractivity (Wildman–Crippen MR) is 94.8 cm³/mol. The molecule has 0 saturated carbocycles. The second-order valence-corrected chi connectivity index (χ2v) is 5.71. The fraction of sp³-hybridized carbons (Fsp3) is 0.200. The monoisotopic (exact) mass is 321 g/mol. The second-order valence-electron chi connectivity index (χ2n) is 5.71. The van der Waals surface area contributed by atoms with Crippen LogP contribution in [0.3, 0.4) is 0 Å². The highest BCUT2D eigenvalue weighted by molar-refractivity contribution is 6.04. The van der Waals surface area contributed by atoms with Crippen molar-refractivity contribution in [1.29, 1.82) is 0 Å². The van der Waals surface area contributed by atoms with E-state index in [1.807, 2.05) is 50.2 Å². The first-order valence-corrected chi connectivity index (χ1v) is 7.86. The van der Waals surface area contributed by atoms with Gasteiger partial charge in [-0.05, 0) is 48.7 Å². The number of nitrogens with zero attached hydrogens (tertiary/aromatic N) is 1. The van der Waals surface area contributed by atoms with Crippen molar-refractivity contribution in [2.45, 2.75) is 20.3 Å². The number of ether oxygens (including phenoxy) is 1. The number of aryl methyl sites for hydroxylation is 2. The first kappa shape index (κ1) is 16.0. The molecule has 3 rings (SSSR count). The van der Waals surface area contributed by atoms with E-state index >= 15 is 0 Å². The summed E-state index contributed by atoms with van der Waals surface area (Å²) in [4.78, 5) is 16.5. The molecule has 0 bridgehead atoms. The lowest BCUT2D eigenvalue weighted by atomic mass is 9.98. The Morgan fingerprint density at radius 1 is 1.21 bits per heavy atom. The maximum atomic E-state index is 11.7. The maximum Gasteiger partial charge on any atom is 0.336 e. The van der Waals surface area contributed by atoms with Crippen LogP contribution in [0.1, 0.15) is 28.4 Å². The summed E-state index contributed by atoms with van der Waals surface area (Å²) in [7, 11) is 1.62. The fourth-order valence-corrected chi connectivity index (χ4v) is 2.96. The molecule has 0 unspecified atom stereocenters. The van der Waals surface area contributed by atoms with Crippen LogP contribution < -0.4 is 4.74 Å². The molecule has 0 saturated heterocycles. The zero-order chi connectivity index (χ0) is 17.3. The van der Waals surface area contributed by atoms with Crippen LogP contribution in [-0.2, 0) is 6.42 Å². The van der Waals surface area contributed by atoms with E-state index in [0.717, 1.165) is 34.4 Å². The molecular weight excluding hydrogens is 302 g/mol. The van der Waals surface area contributed by atoms with E-state index in [4.69, 9.17) is 9.72 Å². The number of carboxylic acid groups (broad SMARTS) is 1. The number of pyridine rings is 1. The molecule has 1 N–H and O–H groups in total. The number of hydrogen-bond acceptors (Lipinski definition) is 3. The third-order valence-corrected chi connectivity index (χ3v) is 4.24. The summed E-state index contributed by atoms with van der Waals surface area (Å²) >= 11 is 0. The summed E-state index contributed by atoms with van der Waals surface area (Å²) in [6.45, 7) is 4.01. The molecule has 3 aromatic rings. The van der Waals surface area contributed by atoms with Gasteiger partial charge in [0.2, 0.25) is 0 Å². The van der Waals surface area contributed by atoms with E-state index < -0.39 is 5.97 Å². The highest BCUT2D eigenvalue weighted by atomic mass is 16.5. The molecule has 0 aliphatic carbocycles. The van der Waals surface area contributed by atoms with Crippen LogP contribution in [-0.4, -0.2) is 23.2 Å². The maximum absolute atomic E-state index is 11.7. The summed E-state index contributed by atoms with van der Waals surface area (Å²) < 4.78 is 5.24. The third-order valence-electron chi connectivity index (χ3n) is 4.24. The molecule has 122 valence electrons. The highest BCUT2D eigenvalue weighted by Crippen LogP contribution is 2.30. The molecule has 0 aliphatic rings. The van der Waals surface area contributed by atoms with E-state index in [-0.39, 0.29) is 5.56 Å². The third kappa shape index (κ3) is 2.71. The van der Waals surface area contributed by atoms with Gasteiger partial charge in [-0.25, -0.2) is 9.78 Å². The predicted octanol–water partition coefficient (Wildman–Crippen LogP) is 4.48. The van der Waals surface area contributed by atoms with Gasteiger partial charge in [0.25, 0.3) is 0 Å². The molecule has 0 atom stereocenters. The minimum absolute atomic E-state index is 0.278. The molecule has 0 amide bonds. The largest absolute Gasteiger partial charge is 0.497 e. The van der Waals surface area contributed by atoms with Crippen molar-refractivity contribution in [2.24, 2.45) is 0 Å². The van der Waals surface area contributed by atoms with Crippen LogP contribution in [0, 0.1) is 6.92 Å². The number of carbonyl (C=O) groups is 1. The molecule has 2 aromatic carbocycles. The number of aromatic carboxylic acids is 1. The van der Waals surface area contributed by atoms with Crippen LogP contribution in [0.5, 0.6) is 5.75 Å².